The Balaban J connectivity index is 1.22. The molecule has 0 spiro atoms. The van der Waals surface area contributed by atoms with E-state index in [1.807, 2.05) is 12.3 Å². The van der Waals surface area contributed by atoms with Gasteiger partial charge in [0.05, 0.1) is 28.0 Å². The zero-order valence-electron chi connectivity index (χ0n) is 46.5. The summed E-state index contributed by atoms with van der Waals surface area (Å²) in [6, 6.07) is 45.7. The van der Waals surface area contributed by atoms with Crippen LogP contribution >= 0.6 is 0 Å². The summed E-state index contributed by atoms with van der Waals surface area (Å²) < 4.78 is 15.5. The third-order valence-electron chi connectivity index (χ3n) is 14.7. The number of benzene rings is 6. The van der Waals surface area contributed by atoms with Crippen molar-refractivity contribution in [3.63, 3.8) is 0 Å². The van der Waals surface area contributed by atoms with E-state index in [0.29, 0.717) is 17.1 Å². The van der Waals surface area contributed by atoms with Gasteiger partial charge in [0.2, 0.25) is 0 Å². The first-order chi connectivity index (χ1) is 34.6. The molecule has 0 amide bonds. The van der Waals surface area contributed by atoms with Crippen LogP contribution in [0.3, 0.4) is 0 Å². The molecule has 0 saturated heterocycles. The number of hydrogen-bond acceptors (Lipinski definition) is 5. The van der Waals surface area contributed by atoms with E-state index in [1.165, 1.54) is 11.1 Å². The van der Waals surface area contributed by atoms with Crippen molar-refractivity contribution in [1.29, 1.82) is 0 Å². The Morgan fingerprint density at radius 2 is 1.19 bits per heavy atom. The number of aryl methyl sites for hydroxylation is 1. The molecule has 0 aliphatic heterocycles. The van der Waals surface area contributed by atoms with Crippen LogP contribution in [0, 0.1) is 12.3 Å². The van der Waals surface area contributed by atoms with Gasteiger partial charge in [-0.1, -0.05) is 171 Å². The molecule has 378 valence electrons. The predicted molar refractivity (Wildman–Crippen MR) is 310 cm³/mol. The SMILES string of the molecule is Cc1c(-c2cc3c(-c4cc(-c5cccc6c5nc(-c5cc(C(C)(C)C)cc(C(C)(C)C)c5O)n6-c5ccc(C(C)(C)C)cc5-c5ccccc5)cc(C(C)(C)C)c4)nccc3o2)oc2ccc(CC(C)(C)C)cc12. The fourth-order valence-electron chi connectivity index (χ4n) is 10.5. The molecule has 0 atom stereocenters. The van der Waals surface area contributed by atoms with Crippen LogP contribution in [0.25, 0.3) is 95.1 Å². The van der Waals surface area contributed by atoms with Gasteiger partial charge in [-0.15, -0.1) is 0 Å². The van der Waals surface area contributed by atoms with E-state index in [-0.39, 0.29) is 32.8 Å². The largest absolute Gasteiger partial charge is 0.507 e. The standard InChI is InChI=1S/C68H73N3O3/c1-40-49-31-41(39-64(2,3)4)25-28-56(49)74-62(40)58-38-51-57(73-58)29-30-69-59(51)44-32-43(33-46(34-44)66(8,9)10)48-23-20-24-55-60(48)70-63(52-36-47(67(11,12)13)37-53(61(52)72)68(14,15)16)71(55)54-27-26-45(65(5,6)7)35-50(54)42-21-18-17-19-22-42/h17-38,72H,39H2,1-16H3. The van der Waals surface area contributed by atoms with Crippen LogP contribution in [0.2, 0.25) is 0 Å². The average Bonchev–Trinajstić information content (AvgIpc) is 4.03. The van der Waals surface area contributed by atoms with Crippen LogP contribution in [0.5, 0.6) is 5.75 Å². The second kappa shape index (κ2) is 17.8. The van der Waals surface area contributed by atoms with Gasteiger partial charge in [0, 0.05) is 44.8 Å². The van der Waals surface area contributed by atoms with E-state index < -0.39 is 0 Å². The van der Waals surface area contributed by atoms with Crippen molar-refractivity contribution in [1.82, 2.24) is 14.5 Å². The third-order valence-corrected chi connectivity index (χ3v) is 14.7. The first kappa shape index (κ1) is 50.4. The Kier molecular flexibility index (Phi) is 12.1. The van der Waals surface area contributed by atoms with Crippen molar-refractivity contribution in [2.75, 3.05) is 0 Å². The number of nitrogens with zero attached hydrogens (tertiary/aromatic N) is 3. The molecule has 4 aromatic heterocycles. The second-order valence-electron chi connectivity index (χ2n) is 26.1. The minimum Gasteiger partial charge on any atom is -0.507 e. The predicted octanol–water partition coefficient (Wildman–Crippen LogP) is 19.0. The van der Waals surface area contributed by atoms with Crippen LogP contribution in [0.1, 0.15) is 137 Å². The molecule has 6 heteroatoms. The topological polar surface area (TPSA) is 77.2 Å². The lowest BCUT2D eigenvalue weighted by Crippen LogP contribution is -2.17. The summed E-state index contributed by atoms with van der Waals surface area (Å²) in [5, 5.41) is 14.7. The molecule has 10 aromatic rings. The van der Waals surface area contributed by atoms with Crippen LogP contribution in [0.15, 0.2) is 142 Å². The third kappa shape index (κ3) is 9.37. The van der Waals surface area contributed by atoms with E-state index in [2.05, 4.69) is 237 Å². The monoisotopic (exact) mass is 980 g/mol. The van der Waals surface area contributed by atoms with E-state index >= 15 is 0 Å². The molecule has 6 aromatic carbocycles. The number of fused-ring (bicyclic) bond motifs is 3. The molecule has 4 heterocycles. The smallest absolute Gasteiger partial charge is 0.173 e. The van der Waals surface area contributed by atoms with Crippen molar-refractivity contribution in [3.8, 4) is 67.9 Å². The lowest BCUT2D eigenvalue weighted by Gasteiger charge is -2.28. The van der Waals surface area contributed by atoms with Crippen LogP contribution < -0.4 is 0 Å². The molecule has 0 aliphatic rings. The van der Waals surface area contributed by atoms with E-state index in [1.54, 1.807) is 0 Å². The number of aromatic hydroxyl groups is 1. The maximum Gasteiger partial charge on any atom is 0.173 e. The molecule has 74 heavy (non-hydrogen) atoms. The van der Waals surface area contributed by atoms with Crippen molar-refractivity contribution in [2.45, 2.75) is 139 Å². The lowest BCUT2D eigenvalue weighted by molar-refractivity contribution is 0.411. The number of phenols is 1. The molecule has 0 fully saturated rings. The molecule has 0 aliphatic carbocycles. The molecule has 10 rings (SSSR count). The molecule has 0 radical (unpaired) electrons. The Bertz CT molecular complexity index is 3790. The average molecular weight is 980 g/mol. The van der Waals surface area contributed by atoms with Gasteiger partial charge in [-0.2, -0.15) is 0 Å². The highest BCUT2D eigenvalue weighted by Gasteiger charge is 2.31. The van der Waals surface area contributed by atoms with Gasteiger partial charge >= 0.3 is 0 Å². The Morgan fingerprint density at radius 3 is 1.86 bits per heavy atom. The zero-order valence-corrected chi connectivity index (χ0v) is 46.5. The molecule has 0 saturated carbocycles. The summed E-state index contributed by atoms with van der Waals surface area (Å²) in [6.45, 7) is 35.7. The van der Waals surface area contributed by atoms with E-state index in [9.17, 15) is 5.11 Å². The van der Waals surface area contributed by atoms with Gasteiger partial charge in [0.15, 0.2) is 11.5 Å². The Morgan fingerprint density at radius 1 is 0.527 bits per heavy atom. The fraction of sp³-hybridized carbons (Fsp3) is 0.324. The summed E-state index contributed by atoms with van der Waals surface area (Å²) in [7, 11) is 0. The molecule has 0 unspecified atom stereocenters. The maximum atomic E-state index is 12.7. The summed E-state index contributed by atoms with van der Waals surface area (Å²) in [4.78, 5) is 10.8. The summed E-state index contributed by atoms with van der Waals surface area (Å²) in [5.41, 5.74) is 17.1. The first-order valence-electron chi connectivity index (χ1n) is 26.3. The highest BCUT2D eigenvalue weighted by atomic mass is 16.4. The Labute approximate surface area is 438 Å². The van der Waals surface area contributed by atoms with Crippen LogP contribution in [-0.4, -0.2) is 19.6 Å². The van der Waals surface area contributed by atoms with E-state index in [0.717, 1.165) is 107 Å². The highest BCUT2D eigenvalue weighted by molar-refractivity contribution is 6.00. The number of furan rings is 2. The van der Waals surface area contributed by atoms with Crippen LogP contribution in [0.4, 0.5) is 0 Å². The quantitative estimate of drug-likeness (QED) is 0.172. The van der Waals surface area contributed by atoms with Crippen molar-refractivity contribution in [3.05, 3.63) is 167 Å². The van der Waals surface area contributed by atoms with Gasteiger partial charge in [-0.25, -0.2) is 4.98 Å². The fourth-order valence-corrected chi connectivity index (χ4v) is 10.5. The van der Waals surface area contributed by atoms with Crippen molar-refractivity contribution < 1.29 is 13.9 Å². The summed E-state index contributed by atoms with van der Waals surface area (Å²) >= 11 is 0. The normalized spacial score (nSPS) is 13.0. The van der Waals surface area contributed by atoms with Crippen molar-refractivity contribution >= 4 is 33.0 Å². The summed E-state index contributed by atoms with van der Waals surface area (Å²) in [6.07, 6.45) is 2.82. The molecule has 1 N–H and O–H groups in total. The minimum atomic E-state index is -0.344. The molecule has 6 nitrogen and oxygen atoms in total. The van der Waals surface area contributed by atoms with Gasteiger partial charge in [0.1, 0.15) is 22.7 Å². The minimum absolute atomic E-state index is 0.0916. The highest BCUT2D eigenvalue weighted by Crippen LogP contribution is 2.47. The number of rotatable bonds is 7. The zero-order chi connectivity index (χ0) is 53.0. The lowest BCUT2D eigenvalue weighted by atomic mass is 9.79. The van der Waals surface area contributed by atoms with Gasteiger partial charge < -0.3 is 13.9 Å². The number of pyridine rings is 1. The number of imidazole rings is 1. The van der Waals surface area contributed by atoms with Gasteiger partial charge in [-0.05, 0) is 134 Å². The first-order valence-corrected chi connectivity index (χ1v) is 26.3. The number of aromatic nitrogens is 3. The molecular weight excluding hydrogens is 907 g/mol. The number of phenolic OH excluding ortho intramolecular Hbond substituents is 1. The molecular formula is C68H73N3O3. The second-order valence-corrected chi connectivity index (χ2v) is 26.1. The number of para-hydroxylation sites is 1. The van der Waals surface area contributed by atoms with E-state index in [4.69, 9.17) is 18.8 Å². The van der Waals surface area contributed by atoms with Gasteiger partial charge in [0.25, 0.3) is 0 Å². The summed E-state index contributed by atoms with van der Waals surface area (Å²) in [5.74, 6) is 2.33. The Hall–Kier alpha value is -7.18. The molecule has 0 bridgehead atoms. The van der Waals surface area contributed by atoms with Gasteiger partial charge in [-0.3, -0.25) is 9.55 Å². The van der Waals surface area contributed by atoms with Crippen molar-refractivity contribution in [2.24, 2.45) is 5.41 Å². The van der Waals surface area contributed by atoms with Crippen LogP contribution in [-0.2, 0) is 28.1 Å². The maximum absolute atomic E-state index is 12.7. The number of hydrogen-bond donors (Lipinski definition) is 1.